The Kier molecular flexibility index (Phi) is 7.43. The van der Waals surface area contributed by atoms with Gasteiger partial charge in [0, 0.05) is 16.1 Å². The molecule has 1 saturated carbocycles. The predicted molar refractivity (Wildman–Crippen MR) is 128 cm³/mol. The minimum Gasteiger partial charge on any atom is -0.335 e. The largest absolute Gasteiger partial charge is 0.335 e. The van der Waals surface area contributed by atoms with Crippen LogP contribution >= 0.6 is 46.1 Å². The summed E-state index contributed by atoms with van der Waals surface area (Å²) in [5.74, 6) is 0. The van der Waals surface area contributed by atoms with E-state index in [1.807, 2.05) is 35.0 Å². The van der Waals surface area contributed by atoms with Gasteiger partial charge in [-0.1, -0.05) is 60.1 Å². The van der Waals surface area contributed by atoms with Crippen LogP contribution < -0.4 is 10.6 Å². The van der Waals surface area contributed by atoms with Crippen molar-refractivity contribution in [3.8, 4) is 10.6 Å². The van der Waals surface area contributed by atoms with Gasteiger partial charge in [0.2, 0.25) is 0 Å². The summed E-state index contributed by atoms with van der Waals surface area (Å²) in [5.41, 5.74) is 2.60. The zero-order valence-electron chi connectivity index (χ0n) is 16.8. The molecule has 164 valence electrons. The van der Waals surface area contributed by atoms with Gasteiger partial charge in [0.05, 0.1) is 33.7 Å². The quantitative estimate of drug-likeness (QED) is 0.395. The second-order valence-electron chi connectivity index (χ2n) is 7.68. The minimum atomic E-state index is -0.150. The first-order valence-electron chi connectivity index (χ1n) is 10.3. The van der Waals surface area contributed by atoms with Gasteiger partial charge in [0.1, 0.15) is 0 Å². The molecule has 0 unspecified atom stereocenters. The van der Waals surface area contributed by atoms with Crippen LogP contribution in [0.1, 0.15) is 43.4 Å². The van der Waals surface area contributed by atoms with E-state index in [4.69, 9.17) is 39.9 Å². The molecular weight excluding hydrogens is 475 g/mol. The first kappa shape index (κ1) is 22.5. The van der Waals surface area contributed by atoms with Gasteiger partial charge in [-0.15, -0.1) is 11.3 Å². The molecule has 4 rings (SSSR count). The Balaban J connectivity index is 1.49. The molecule has 31 heavy (non-hydrogen) atoms. The van der Waals surface area contributed by atoms with Crippen molar-refractivity contribution in [3.63, 3.8) is 0 Å². The molecule has 2 N–H and O–H groups in total. The van der Waals surface area contributed by atoms with Crippen molar-refractivity contribution in [2.24, 2.45) is 0 Å². The highest BCUT2D eigenvalue weighted by molar-refractivity contribution is 7.19. The summed E-state index contributed by atoms with van der Waals surface area (Å²) >= 11 is 20.0. The topological polar surface area (TPSA) is 59.0 Å². The summed E-state index contributed by atoms with van der Waals surface area (Å²) in [5, 5.41) is 11.9. The highest BCUT2D eigenvalue weighted by atomic mass is 35.5. The number of carbonyl (C=O) groups is 1. The Labute approximate surface area is 200 Å². The van der Waals surface area contributed by atoms with Crippen LogP contribution in [0.4, 0.5) is 4.79 Å². The van der Waals surface area contributed by atoms with Crippen molar-refractivity contribution in [1.29, 1.82) is 0 Å². The molecule has 2 amide bonds. The molecular formula is C22H23Cl3N4OS. The Morgan fingerprint density at radius 2 is 1.90 bits per heavy atom. The van der Waals surface area contributed by atoms with Crippen molar-refractivity contribution < 1.29 is 4.79 Å². The second-order valence-corrected chi connectivity index (χ2v) is 10.2. The average molecular weight is 498 g/mol. The SMILES string of the molecule is O=C(NCc1cc(-c2ccc(Cl)s2)n(Cc2ccc(Cl)cc2Cl)n1)NC1CCCCC1. The van der Waals surface area contributed by atoms with E-state index < -0.39 is 0 Å². The van der Waals surface area contributed by atoms with E-state index in [-0.39, 0.29) is 12.1 Å². The normalized spacial score (nSPS) is 14.5. The predicted octanol–water partition coefficient (Wildman–Crippen LogP) is 6.75. The highest BCUT2D eigenvalue weighted by Gasteiger charge is 2.17. The van der Waals surface area contributed by atoms with Crippen molar-refractivity contribution in [2.75, 3.05) is 0 Å². The third-order valence-corrected chi connectivity index (χ3v) is 7.20. The van der Waals surface area contributed by atoms with E-state index in [0.717, 1.165) is 34.7 Å². The van der Waals surface area contributed by atoms with E-state index in [1.165, 1.54) is 30.6 Å². The van der Waals surface area contributed by atoms with Gasteiger partial charge in [-0.05, 0) is 48.7 Å². The van der Waals surface area contributed by atoms with Crippen molar-refractivity contribution >= 4 is 52.2 Å². The highest BCUT2D eigenvalue weighted by Crippen LogP contribution is 2.32. The van der Waals surface area contributed by atoms with Gasteiger partial charge < -0.3 is 10.6 Å². The maximum atomic E-state index is 12.3. The van der Waals surface area contributed by atoms with Gasteiger partial charge in [-0.3, -0.25) is 4.68 Å². The van der Waals surface area contributed by atoms with Gasteiger partial charge in [0.25, 0.3) is 0 Å². The van der Waals surface area contributed by atoms with Crippen LogP contribution in [0.2, 0.25) is 14.4 Å². The maximum Gasteiger partial charge on any atom is 0.315 e. The monoisotopic (exact) mass is 496 g/mol. The number of carbonyl (C=O) groups excluding carboxylic acids is 1. The standard InChI is InChI=1S/C22H23Cl3N4OS/c23-15-7-6-14(18(24)10-15)13-29-19(20-8-9-21(25)31-20)11-17(28-29)12-26-22(30)27-16-4-2-1-3-5-16/h6-11,16H,1-5,12-13H2,(H2,26,27,30). The molecule has 0 radical (unpaired) electrons. The zero-order valence-corrected chi connectivity index (χ0v) is 19.9. The number of nitrogens with one attached hydrogen (secondary N) is 2. The Morgan fingerprint density at radius 3 is 2.61 bits per heavy atom. The Hall–Kier alpha value is -1.73. The van der Waals surface area contributed by atoms with Gasteiger partial charge in [0.15, 0.2) is 0 Å². The molecule has 1 aliphatic carbocycles. The van der Waals surface area contributed by atoms with E-state index in [1.54, 1.807) is 6.07 Å². The number of thiophene rings is 1. The molecule has 0 saturated heterocycles. The summed E-state index contributed by atoms with van der Waals surface area (Å²) < 4.78 is 2.59. The summed E-state index contributed by atoms with van der Waals surface area (Å²) in [6, 6.07) is 11.4. The molecule has 9 heteroatoms. The number of benzene rings is 1. The summed E-state index contributed by atoms with van der Waals surface area (Å²) in [7, 11) is 0. The molecule has 2 aromatic heterocycles. The van der Waals surface area contributed by atoms with Crippen LogP contribution in [0.15, 0.2) is 36.4 Å². The molecule has 0 spiro atoms. The number of halogens is 3. The van der Waals surface area contributed by atoms with E-state index in [2.05, 4.69) is 10.6 Å². The average Bonchev–Trinajstić information content (AvgIpc) is 3.35. The lowest BCUT2D eigenvalue weighted by Crippen LogP contribution is -2.42. The smallest absolute Gasteiger partial charge is 0.315 e. The summed E-state index contributed by atoms with van der Waals surface area (Å²) in [4.78, 5) is 13.3. The van der Waals surface area contributed by atoms with Gasteiger partial charge >= 0.3 is 6.03 Å². The molecule has 1 aliphatic rings. The van der Waals surface area contributed by atoms with Crippen LogP contribution in [-0.2, 0) is 13.1 Å². The number of hydrogen-bond acceptors (Lipinski definition) is 3. The molecule has 1 aromatic carbocycles. The third kappa shape index (κ3) is 5.95. The number of urea groups is 1. The fourth-order valence-corrected chi connectivity index (χ4v) is 5.32. The van der Waals surface area contributed by atoms with Crippen molar-refractivity contribution in [1.82, 2.24) is 20.4 Å². The summed E-state index contributed by atoms with van der Waals surface area (Å²) in [6.07, 6.45) is 5.70. The van der Waals surface area contributed by atoms with Gasteiger partial charge in [-0.25, -0.2) is 4.79 Å². The zero-order chi connectivity index (χ0) is 21.8. The van der Waals surface area contributed by atoms with Crippen molar-refractivity contribution in [2.45, 2.75) is 51.2 Å². The lowest BCUT2D eigenvalue weighted by molar-refractivity contribution is 0.232. The number of aromatic nitrogens is 2. The summed E-state index contributed by atoms with van der Waals surface area (Å²) in [6.45, 7) is 0.821. The van der Waals surface area contributed by atoms with Crippen LogP contribution in [0, 0.1) is 0 Å². The van der Waals surface area contributed by atoms with E-state index >= 15 is 0 Å². The first-order chi connectivity index (χ1) is 15.0. The number of amides is 2. The molecule has 0 aliphatic heterocycles. The lowest BCUT2D eigenvalue weighted by atomic mass is 9.96. The van der Waals surface area contributed by atoms with Crippen LogP contribution in [0.25, 0.3) is 10.6 Å². The lowest BCUT2D eigenvalue weighted by Gasteiger charge is -2.22. The van der Waals surface area contributed by atoms with Gasteiger partial charge in [-0.2, -0.15) is 5.10 Å². The number of nitrogens with zero attached hydrogens (tertiary/aromatic N) is 2. The molecule has 5 nitrogen and oxygen atoms in total. The fourth-order valence-electron chi connectivity index (χ4n) is 3.79. The number of rotatable bonds is 6. The third-order valence-electron chi connectivity index (χ3n) is 5.36. The molecule has 0 bridgehead atoms. The van der Waals surface area contributed by atoms with E-state index in [9.17, 15) is 4.79 Å². The second kappa shape index (κ2) is 10.3. The van der Waals surface area contributed by atoms with Crippen molar-refractivity contribution in [3.05, 3.63) is 62.0 Å². The first-order valence-corrected chi connectivity index (χ1v) is 12.2. The molecule has 2 heterocycles. The van der Waals surface area contributed by atoms with Crippen LogP contribution in [0.5, 0.6) is 0 Å². The van der Waals surface area contributed by atoms with Crippen LogP contribution in [0.3, 0.4) is 0 Å². The maximum absolute atomic E-state index is 12.3. The Morgan fingerprint density at radius 1 is 1.10 bits per heavy atom. The molecule has 1 fully saturated rings. The molecule has 0 atom stereocenters. The fraction of sp³-hybridized carbons (Fsp3) is 0.364. The van der Waals surface area contributed by atoms with Crippen LogP contribution in [-0.4, -0.2) is 21.9 Å². The number of hydrogen-bond donors (Lipinski definition) is 2. The Bertz CT molecular complexity index is 1060. The molecule has 3 aromatic rings. The van der Waals surface area contributed by atoms with E-state index in [0.29, 0.717) is 27.5 Å². The minimum absolute atomic E-state index is 0.150.